The van der Waals surface area contributed by atoms with Gasteiger partial charge in [0.15, 0.2) is 0 Å². The van der Waals surface area contributed by atoms with Crippen molar-refractivity contribution in [3.63, 3.8) is 0 Å². The van der Waals surface area contributed by atoms with Crippen molar-refractivity contribution in [2.24, 2.45) is 0 Å². The first-order valence-corrected chi connectivity index (χ1v) is 23.5. The summed E-state index contributed by atoms with van der Waals surface area (Å²) >= 11 is -5.28. The van der Waals surface area contributed by atoms with E-state index in [0.29, 0.717) is 24.0 Å². The molecule has 0 unspecified atom stereocenters. The number of anilines is 2. The fourth-order valence-corrected chi connectivity index (χ4v) is 17.1. The first-order chi connectivity index (χ1) is 27.7. The molecule has 4 nitrogen and oxygen atoms in total. The van der Waals surface area contributed by atoms with Crippen molar-refractivity contribution in [2.45, 2.75) is 73.7 Å². The number of rotatable bonds is 18. The van der Waals surface area contributed by atoms with Crippen molar-refractivity contribution in [2.75, 3.05) is 22.9 Å². The molecule has 0 bridgehead atoms. The third-order valence-corrected chi connectivity index (χ3v) is 19.6. The van der Waals surface area contributed by atoms with E-state index in [1.807, 2.05) is 0 Å². The summed E-state index contributed by atoms with van der Waals surface area (Å²) in [5.41, 5.74) is 0.387. The van der Waals surface area contributed by atoms with E-state index in [-0.39, 0.29) is 32.2 Å². The third-order valence-electron chi connectivity index (χ3n) is 11.1. The summed E-state index contributed by atoms with van der Waals surface area (Å²) in [5.74, 6) is -4.78. The zero-order valence-corrected chi connectivity index (χ0v) is 34.2. The Hall–Kier alpha value is -4.79. The Labute approximate surface area is 337 Å². The van der Waals surface area contributed by atoms with E-state index >= 15 is 17.6 Å². The van der Waals surface area contributed by atoms with E-state index in [4.69, 9.17) is 0 Å². The average molecular weight is 811 g/mol. The number of unbranched alkanes of at least 4 members (excludes halogenated alkanes) is 6. The third kappa shape index (κ3) is 8.73. The van der Waals surface area contributed by atoms with E-state index < -0.39 is 60.1 Å². The quantitative estimate of drug-likeness (QED) is 0.0571. The second kappa shape index (κ2) is 19.6. The molecule has 4 aromatic rings. The van der Waals surface area contributed by atoms with Crippen LogP contribution in [0.25, 0.3) is 0 Å². The molecule has 4 aromatic carbocycles. The molecule has 0 fully saturated rings. The van der Waals surface area contributed by atoms with Crippen LogP contribution >= 0.6 is 0 Å². The van der Waals surface area contributed by atoms with Gasteiger partial charge < -0.3 is 0 Å². The Morgan fingerprint density at radius 2 is 0.877 bits per heavy atom. The molecular formula is C48H50F4N2O2Ti. The topological polar surface area (TPSA) is 40.6 Å². The Kier molecular flexibility index (Phi) is 14.4. The van der Waals surface area contributed by atoms with Gasteiger partial charge in [-0.3, -0.25) is 0 Å². The van der Waals surface area contributed by atoms with Crippen molar-refractivity contribution >= 4 is 30.9 Å². The molecule has 0 saturated heterocycles. The molecule has 0 saturated carbocycles. The van der Waals surface area contributed by atoms with Crippen LogP contribution in [0, 0.1) is 23.3 Å². The number of hydrogen-bond donors (Lipinski definition) is 0. The van der Waals surface area contributed by atoms with Gasteiger partial charge in [-0.2, -0.15) is 0 Å². The minimum atomic E-state index is -5.28. The van der Waals surface area contributed by atoms with E-state index in [1.54, 1.807) is 109 Å². The number of allylic oxidation sites excluding steroid dienone is 8. The van der Waals surface area contributed by atoms with E-state index in [1.165, 1.54) is 21.9 Å². The normalized spacial score (nSPS) is 13.9. The van der Waals surface area contributed by atoms with Gasteiger partial charge in [-0.1, -0.05) is 0 Å². The first kappa shape index (κ1) is 41.8. The van der Waals surface area contributed by atoms with Gasteiger partial charge >= 0.3 is 339 Å². The molecule has 2 aliphatic rings. The summed E-state index contributed by atoms with van der Waals surface area (Å²) in [6.07, 6.45) is 20.5. The van der Waals surface area contributed by atoms with Crippen LogP contribution in [0.1, 0.15) is 85.9 Å². The van der Waals surface area contributed by atoms with Crippen LogP contribution in [0.3, 0.4) is 0 Å². The Morgan fingerprint density at radius 1 is 0.509 bits per heavy atom. The minimum absolute atomic E-state index is 0.141. The van der Waals surface area contributed by atoms with Crippen LogP contribution in [-0.4, -0.2) is 24.9 Å². The molecule has 0 aromatic heterocycles. The average Bonchev–Trinajstić information content (AvgIpc) is 3.98. The van der Waals surface area contributed by atoms with Gasteiger partial charge in [0, 0.05) is 0 Å². The van der Waals surface area contributed by atoms with Crippen molar-refractivity contribution in [3.05, 3.63) is 168 Å². The Bertz CT molecular complexity index is 1970. The summed E-state index contributed by atoms with van der Waals surface area (Å²) in [7, 11) is 0. The Balaban J connectivity index is 1.61. The number of halogens is 4. The molecular weight excluding hydrogens is 760 g/mol. The molecule has 0 radical (unpaired) electrons. The second-order valence-electron chi connectivity index (χ2n) is 14.7. The predicted octanol–water partition coefficient (Wildman–Crippen LogP) is 11.6. The molecule has 0 atom stereocenters. The summed E-state index contributed by atoms with van der Waals surface area (Å²) in [4.78, 5) is 31.1. The van der Waals surface area contributed by atoms with Gasteiger partial charge in [-0.25, -0.2) is 0 Å². The standard InChI is InChI=1S/2C19H20F2NO.2C5H5.Ti/c2*1-2-3-4-8-13-22(18-12-11-16(20)14-17(18)21)19(23)15-9-6-5-7-10-15;2*1-2-4-5-3-1;/h2*5-7,9-12H,2-4,8,13H2,1H3;2*1-5H;. The molecule has 9 heteroatoms. The van der Waals surface area contributed by atoms with Crippen LogP contribution in [0.15, 0.2) is 134 Å². The van der Waals surface area contributed by atoms with Crippen LogP contribution in [0.5, 0.6) is 0 Å². The molecule has 0 spiro atoms. The number of benzene rings is 4. The number of hydrogen-bond acceptors (Lipinski definition) is 2. The summed E-state index contributed by atoms with van der Waals surface area (Å²) in [6, 6.07) is 21.8. The van der Waals surface area contributed by atoms with Gasteiger partial charge in [0.05, 0.1) is 0 Å². The molecule has 0 aliphatic heterocycles. The van der Waals surface area contributed by atoms with E-state index in [0.717, 1.165) is 50.7 Å². The van der Waals surface area contributed by atoms with Gasteiger partial charge in [0.25, 0.3) is 0 Å². The number of carbonyl (C=O) groups excluding carboxylic acids is 2. The van der Waals surface area contributed by atoms with Gasteiger partial charge in [-0.15, -0.1) is 0 Å². The maximum atomic E-state index is 18.0. The molecule has 0 heterocycles. The summed E-state index contributed by atoms with van der Waals surface area (Å²) < 4.78 is 67.9. The van der Waals surface area contributed by atoms with Crippen molar-refractivity contribution in [3.8, 4) is 0 Å². The first-order valence-electron chi connectivity index (χ1n) is 20.2. The van der Waals surface area contributed by atoms with Gasteiger partial charge in [0.1, 0.15) is 0 Å². The number of carbonyl (C=O) groups is 2. The molecule has 6 rings (SSSR count). The molecule has 57 heavy (non-hydrogen) atoms. The molecule has 296 valence electrons. The van der Waals surface area contributed by atoms with Crippen LogP contribution in [0.4, 0.5) is 28.9 Å². The van der Waals surface area contributed by atoms with Crippen LogP contribution in [0.2, 0.25) is 8.45 Å². The second-order valence-corrected chi connectivity index (χ2v) is 21.1. The fourth-order valence-electron chi connectivity index (χ4n) is 8.27. The monoisotopic (exact) mass is 810 g/mol. The van der Waals surface area contributed by atoms with Crippen molar-refractivity contribution in [1.29, 1.82) is 0 Å². The predicted molar refractivity (Wildman–Crippen MR) is 221 cm³/mol. The SMILES string of the molecule is CCCCCCN(C(=O)c1ccccc1)c1ccc(F)[c]([Ti]([c]2c(F)ccc(N(CCCCCC)C(=O)c3ccccc3)c2F)([CH]2C=CC=C2)[CH]2C=CC=C2)c1F. The van der Waals surface area contributed by atoms with E-state index in [2.05, 4.69) is 13.8 Å². The van der Waals surface area contributed by atoms with E-state index in [9.17, 15) is 9.59 Å². The fraction of sp³-hybridized carbons (Fsp3) is 0.292. The summed E-state index contributed by atoms with van der Waals surface area (Å²) in [6.45, 7) is 4.46. The summed E-state index contributed by atoms with van der Waals surface area (Å²) in [5, 5.41) is 0. The van der Waals surface area contributed by atoms with Gasteiger partial charge in [0.2, 0.25) is 0 Å². The zero-order valence-electron chi connectivity index (χ0n) is 32.7. The van der Waals surface area contributed by atoms with Gasteiger partial charge in [-0.05, 0) is 0 Å². The number of amides is 2. The van der Waals surface area contributed by atoms with Crippen molar-refractivity contribution < 1.29 is 43.7 Å². The molecule has 2 amide bonds. The van der Waals surface area contributed by atoms with Crippen molar-refractivity contribution in [1.82, 2.24) is 0 Å². The molecule has 0 N–H and O–H groups in total. The maximum absolute atomic E-state index is 18.0. The molecule has 2 aliphatic carbocycles. The number of nitrogens with zero attached hydrogens (tertiary/aromatic N) is 2. The zero-order chi connectivity index (χ0) is 40.4. The van der Waals surface area contributed by atoms with Crippen LogP contribution < -0.4 is 17.5 Å². The van der Waals surface area contributed by atoms with Crippen LogP contribution in [-0.2, 0) is 16.6 Å². The Morgan fingerprint density at radius 3 is 1.23 bits per heavy atom.